The fourth-order valence-electron chi connectivity index (χ4n) is 4.25. The minimum Gasteiger partial charge on any atom is -0.340 e. The van der Waals surface area contributed by atoms with Crippen molar-refractivity contribution in [2.75, 3.05) is 22.1 Å². The van der Waals surface area contributed by atoms with Crippen LogP contribution in [0.15, 0.2) is 23.0 Å². The van der Waals surface area contributed by atoms with Crippen LogP contribution in [-0.2, 0) is 9.59 Å². The molecule has 4 rings (SSSR count). The molecule has 2 aliphatic heterocycles. The van der Waals surface area contributed by atoms with E-state index in [-0.39, 0.29) is 29.5 Å². The molecule has 3 heterocycles. The Bertz CT molecular complexity index is 1160. The molecular formula is C21H24N6O5. The fraction of sp³-hybridized carbons (Fsp3) is 0.429. The molecule has 0 unspecified atom stereocenters. The van der Waals surface area contributed by atoms with Crippen LogP contribution in [0.1, 0.15) is 49.7 Å². The second kappa shape index (κ2) is 8.40. The van der Waals surface area contributed by atoms with Gasteiger partial charge in [-0.15, -0.1) is 0 Å². The molecule has 168 valence electrons. The fourth-order valence-corrected chi connectivity index (χ4v) is 4.25. The third-order valence-corrected chi connectivity index (χ3v) is 6.01. The Kier molecular flexibility index (Phi) is 5.64. The van der Waals surface area contributed by atoms with Gasteiger partial charge in [-0.2, -0.15) is 4.98 Å². The van der Waals surface area contributed by atoms with E-state index in [1.165, 1.54) is 18.2 Å². The van der Waals surface area contributed by atoms with Crippen molar-refractivity contribution in [1.29, 1.82) is 0 Å². The first kappa shape index (κ1) is 21.5. The number of non-ortho nitro benzene ring substituents is 1. The lowest BCUT2D eigenvalue weighted by molar-refractivity contribution is -0.384. The summed E-state index contributed by atoms with van der Waals surface area (Å²) in [6, 6.07) is 4.26. The summed E-state index contributed by atoms with van der Waals surface area (Å²) in [6.45, 7) is 4.44. The maximum Gasteiger partial charge on any atom is 0.269 e. The number of amides is 2. The van der Waals surface area contributed by atoms with E-state index in [0.29, 0.717) is 17.2 Å². The van der Waals surface area contributed by atoms with E-state index in [1.54, 1.807) is 6.92 Å². The molecular weight excluding hydrogens is 416 g/mol. The molecule has 3 N–H and O–H groups in total. The largest absolute Gasteiger partial charge is 0.340 e. The molecule has 2 aliphatic rings. The number of aromatic amines is 1. The molecule has 2 atom stereocenters. The Morgan fingerprint density at radius 1 is 1.31 bits per heavy atom. The minimum atomic E-state index is -1.03. The number of nitrogens with one attached hydrogen (secondary N) is 3. The maximum atomic E-state index is 13.0. The summed E-state index contributed by atoms with van der Waals surface area (Å²) >= 11 is 0. The van der Waals surface area contributed by atoms with Gasteiger partial charge in [0, 0.05) is 36.8 Å². The van der Waals surface area contributed by atoms with Gasteiger partial charge in [-0.25, -0.2) is 0 Å². The molecule has 0 saturated carbocycles. The molecule has 0 radical (unpaired) electrons. The first-order chi connectivity index (χ1) is 15.2. The molecule has 1 aromatic heterocycles. The van der Waals surface area contributed by atoms with Crippen molar-refractivity contribution >= 4 is 35.0 Å². The Hall–Kier alpha value is -3.76. The summed E-state index contributed by atoms with van der Waals surface area (Å²) in [6.07, 6.45) is 2.87. The number of hydrogen-bond acceptors (Lipinski definition) is 7. The van der Waals surface area contributed by atoms with Gasteiger partial charge >= 0.3 is 0 Å². The number of carbonyl (C=O) groups excluding carboxylic acids is 2. The van der Waals surface area contributed by atoms with Crippen LogP contribution in [0.5, 0.6) is 0 Å². The Labute approximate surface area is 183 Å². The number of piperidine rings is 1. The van der Waals surface area contributed by atoms with Gasteiger partial charge in [0.05, 0.1) is 16.4 Å². The van der Waals surface area contributed by atoms with Crippen LogP contribution in [0.25, 0.3) is 0 Å². The van der Waals surface area contributed by atoms with E-state index in [4.69, 9.17) is 0 Å². The van der Waals surface area contributed by atoms with Crippen LogP contribution in [0, 0.1) is 17.0 Å². The molecule has 1 saturated heterocycles. The summed E-state index contributed by atoms with van der Waals surface area (Å²) < 4.78 is 0. The number of nitro benzene ring substituents is 1. The second-order valence-electron chi connectivity index (χ2n) is 8.24. The molecule has 1 aromatic carbocycles. The molecule has 2 amide bonds. The molecule has 0 aliphatic carbocycles. The van der Waals surface area contributed by atoms with Gasteiger partial charge < -0.3 is 15.5 Å². The number of anilines is 3. The smallest absolute Gasteiger partial charge is 0.269 e. The van der Waals surface area contributed by atoms with Crippen LogP contribution in [0.2, 0.25) is 0 Å². The monoisotopic (exact) mass is 440 g/mol. The predicted octanol–water partition coefficient (Wildman–Crippen LogP) is 2.43. The van der Waals surface area contributed by atoms with Crippen LogP contribution in [0.4, 0.5) is 23.1 Å². The van der Waals surface area contributed by atoms with Gasteiger partial charge in [-0.3, -0.25) is 29.5 Å². The second-order valence-corrected chi connectivity index (χ2v) is 8.24. The van der Waals surface area contributed by atoms with Crippen molar-refractivity contribution < 1.29 is 14.5 Å². The van der Waals surface area contributed by atoms with E-state index in [2.05, 4.69) is 27.5 Å². The highest BCUT2D eigenvalue weighted by atomic mass is 16.6. The number of aryl methyl sites for hydroxylation is 1. The lowest BCUT2D eigenvalue weighted by Crippen LogP contribution is -2.42. The molecule has 11 heteroatoms. The van der Waals surface area contributed by atoms with E-state index < -0.39 is 28.2 Å². The van der Waals surface area contributed by atoms with Gasteiger partial charge in [-0.1, -0.05) is 0 Å². The number of fused-ring (bicyclic) bond motifs is 1. The average Bonchev–Trinajstić information content (AvgIpc) is 2.74. The van der Waals surface area contributed by atoms with E-state index in [9.17, 15) is 24.5 Å². The number of benzene rings is 1. The number of nitrogens with zero attached hydrogens (tertiary/aromatic N) is 3. The molecule has 32 heavy (non-hydrogen) atoms. The molecule has 11 nitrogen and oxygen atoms in total. The average molecular weight is 440 g/mol. The van der Waals surface area contributed by atoms with Crippen LogP contribution >= 0.6 is 0 Å². The van der Waals surface area contributed by atoms with Gasteiger partial charge in [0.2, 0.25) is 17.8 Å². The van der Waals surface area contributed by atoms with Gasteiger partial charge in [-0.05, 0) is 44.7 Å². The predicted molar refractivity (Wildman–Crippen MR) is 118 cm³/mol. The van der Waals surface area contributed by atoms with Crippen LogP contribution < -0.4 is 21.1 Å². The van der Waals surface area contributed by atoms with E-state index in [0.717, 1.165) is 25.8 Å². The third kappa shape index (κ3) is 4.05. The zero-order chi connectivity index (χ0) is 23.0. The number of carbonyl (C=O) groups is 2. The summed E-state index contributed by atoms with van der Waals surface area (Å²) in [5.41, 5.74) is 0.409. The summed E-state index contributed by atoms with van der Waals surface area (Å²) in [5.74, 6) is -1.51. The summed E-state index contributed by atoms with van der Waals surface area (Å²) in [4.78, 5) is 58.0. The molecule has 1 fully saturated rings. The normalized spacial score (nSPS) is 20.3. The maximum absolute atomic E-state index is 13.0. The van der Waals surface area contributed by atoms with Crippen LogP contribution in [-0.4, -0.2) is 39.3 Å². The van der Waals surface area contributed by atoms with Crippen molar-refractivity contribution in [2.24, 2.45) is 0 Å². The van der Waals surface area contributed by atoms with E-state index >= 15 is 0 Å². The first-order valence-corrected chi connectivity index (χ1v) is 10.5. The number of nitro groups is 1. The van der Waals surface area contributed by atoms with Crippen molar-refractivity contribution in [3.8, 4) is 0 Å². The lowest BCUT2D eigenvalue weighted by Gasteiger charge is -2.34. The number of hydrogen-bond donors (Lipinski definition) is 3. The number of H-pyrrole nitrogens is 1. The quantitative estimate of drug-likeness (QED) is 0.488. The zero-order valence-corrected chi connectivity index (χ0v) is 17.8. The lowest BCUT2D eigenvalue weighted by atomic mass is 9.92. The highest BCUT2D eigenvalue weighted by Crippen LogP contribution is 2.32. The highest BCUT2D eigenvalue weighted by Gasteiger charge is 2.35. The third-order valence-electron chi connectivity index (χ3n) is 6.01. The Morgan fingerprint density at radius 3 is 2.78 bits per heavy atom. The zero-order valence-electron chi connectivity index (χ0n) is 17.8. The Morgan fingerprint density at radius 2 is 2.09 bits per heavy atom. The Balaban J connectivity index is 1.64. The minimum absolute atomic E-state index is 0.0944. The van der Waals surface area contributed by atoms with Gasteiger partial charge in [0.1, 0.15) is 5.82 Å². The summed E-state index contributed by atoms with van der Waals surface area (Å²) in [5, 5.41) is 16.2. The number of aromatic nitrogens is 2. The SMILES string of the molecule is Cc1cc([N+](=O)[O-])ccc1NC(=O)[C@H]1CC(=O)Nc2nc(N3CCCC[C@@H]3C)[nH]c(=O)c21. The van der Waals surface area contributed by atoms with Gasteiger partial charge in [0.15, 0.2) is 0 Å². The topological polar surface area (TPSA) is 150 Å². The summed E-state index contributed by atoms with van der Waals surface area (Å²) in [7, 11) is 0. The van der Waals surface area contributed by atoms with Crippen molar-refractivity contribution in [2.45, 2.75) is 51.5 Å². The van der Waals surface area contributed by atoms with Gasteiger partial charge in [0.25, 0.3) is 11.2 Å². The number of rotatable bonds is 4. The molecule has 2 aromatic rings. The van der Waals surface area contributed by atoms with Crippen molar-refractivity contribution in [1.82, 2.24) is 9.97 Å². The van der Waals surface area contributed by atoms with Crippen LogP contribution in [0.3, 0.4) is 0 Å². The standard InChI is InChI=1S/C21H24N6O5/c1-11-9-13(27(31)32)6-7-15(11)22-19(29)14-10-16(28)23-18-17(14)20(30)25-21(24-18)26-8-4-3-5-12(26)2/h6-7,9,12,14H,3-5,8,10H2,1-2H3,(H,22,29)(H2,23,24,25,28,30)/t12-,14-/m0/s1. The molecule has 0 bridgehead atoms. The first-order valence-electron chi connectivity index (χ1n) is 10.5. The van der Waals surface area contributed by atoms with Crippen molar-refractivity contribution in [3.63, 3.8) is 0 Å². The van der Waals surface area contributed by atoms with Crippen molar-refractivity contribution in [3.05, 3.63) is 49.8 Å². The van der Waals surface area contributed by atoms with E-state index in [1.807, 2.05) is 4.90 Å². The highest BCUT2D eigenvalue weighted by molar-refractivity contribution is 6.04. The molecule has 0 spiro atoms.